The molecule has 3 aromatic rings. The number of fused-ring (bicyclic) bond motifs is 1. The van der Waals surface area contributed by atoms with Gasteiger partial charge in [0.25, 0.3) is 0 Å². The van der Waals surface area contributed by atoms with Crippen LogP contribution >= 0.6 is 0 Å². The van der Waals surface area contributed by atoms with Crippen molar-refractivity contribution in [1.82, 2.24) is 14.5 Å². The molecule has 0 fully saturated rings. The van der Waals surface area contributed by atoms with Crippen LogP contribution in [0.2, 0.25) is 0 Å². The zero-order chi connectivity index (χ0) is 14.8. The van der Waals surface area contributed by atoms with E-state index in [2.05, 4.69) is 9.97 Å². The van der Waals surface area contributed by atoms with E-state index in [0.29, 0.717) is 5.65 Å². The highest BCUT2D eigenvalue weighted by atomic mass is 16.4. The fourth-order valence-electron chi connectivity index (χ4n) is 2.14. The van der Waals surface area contributed by atoms with E-state index < -0.39 is 5.97 Å². The Hall–Kier alpha value is -2.95. The van der Waals surface area contributed by atoms with Gasteiger partial charge in [0.2, 0.25) is 0 Å². The molecule has 0 radical (unpaired) electrons. The molecule has 0 aromatic carbocycles. The zero-order valence-electron chi connectivity index (χ0n) is 11.4. The third kappa shape index (κ3) is 2.67. The van der Waals surface area contributed by atoms with Crippen molar-refractivity contribution in [3.63, 3.8) is 0 Å². The van der Waals surface area contributed by atoms with Gasteiger partial charge in [-0.05, 0) is 42.0 Å². The van der Waals surface area contributed by atoms with Crippen LogP contribution in [-0.4, -0.2) is 25.6 Å². The van der Waals surface area contributed by atoms with Gasteiger partial charge in [0.15, 0.2) is 5.65 Å². The second-order valence-corrected chi connectivity index (χ2v) is 4.69. The molecule has 0 atom stereocenters. The van der Waals surface area contributed by atoms with Crippen molar-refractivity contribution in [3.8, 4) is 0 Å². The first kappa shape index (κ1) is 13.1. The lowest BCUT2D eigenvalue weighted by Crippen LogP contribution is -2.02. The van der Waals surface area contributed by atoms with Gasteiger partial charge >= 0.3 is 5.97 Å². The van der Waals surface area contributed by atoms with E-state index in [1.165, 1.54) is 0 Å². The summed E-state index contributed by atoms with van der Waals surface area (Å²) in [5.74, 6) is -0.940. The summed E-state index contributed by atoms with van der Waals surface area (Å²) in [7, 11) is 1.71. The van der Waals surface area contributed by atoms with Gasteiger partial charge in [-0.1, -0.05) is 6.08 Å². The Labute approximate surface area is 121 Å². The third-order valence-electron chi connectivity index (χ3n) is 3.18. The van der Waals surface area contributed by atoms with Crippen LogP contribution in [0, 0.1) is 0 Å². The molecule has 0 aliphatic rings. The molecule has 21 heavy (non-hydrogen) atoms. The number of hydrogen-bond donors (Lipinski definition) is 1. The summed E-state index contributed by atoms with van der Waals surface area (Å²) in [6, 6.07) is 9.32. The van der Waals surface area contributed by atoms with E-state index in [1.807, 2.05) is 36.4 Å². The number of pyridine rings is 2. The minimum Gasteiger partial charge on any atom is -0.477 e. The minimum absolute atomic E-state index is 0.253. The van der Waals surface area contributed by atoms with Crippen molar-refractivity contribution >= 4 is 29.2 Å². The third-order valence-corrected chi connectivity index (χ3v) is 3.18. The van der Waals surface area contributed by atoms with Gasteiger partial charge in [0.05, 0.1) is 5.69 Å². The van der Waals surface area contributed by atoms with E-state index in [1.54, 1.807) is 30.1 Å². The lowest BCUT2D eigenvalue weighted by Gasteiger charge is -1.97. The van der Waals surface area contributed by atoms with Gasteiger partial charge in [0, 0.05) is 24.8 Å². The van der Waals surface area contributed by atoms with Crippen molar-refractivity contribution in [2.45, 2.75) is 0 Å². The number of aromatic carboxylic acids is 1. The number of hydrogen-bond acceptors (Lipinski definition) is 3. The molecule has 104 valence electrons. The van der Waals surface area contributed by atoms with Gasteiger partial charge in [-0.3, -0.25) is 0 Å². The summed E-state index contributed by atoms with van der Waals surface area (Å²) in [6.45, 7) is 0. The molecule has 5 nitrogen and oxygen atoms in total. The van der Waals surface area contributed by atoms with Gasteiger partial charge in [-0.25, -0.2) is 14.8 Å². The maximum Gasteiger partial charge on any atom is 0.352 e. The minimum atomic E-state index is -0.940. The first-order valence-corrected chi connectivity index (χ1v) is 6.43. The molecule has 3 aromatic heterocycles. The number of carboxylic acids is 1. The molecule has 5 heteroatoms. The highest BCUT2D eigenvalue weighted by Gasteiger charge is 2.08. The van der Waals surface area contributed by atoms with Crippen LogP contribution in [-0.2, 0) is 7.05 Å². The smallest absolute Gasteiger partial charge is 0.352 e. The summed E-state index contributed by atoms with van der Waals surface area (Å²) in [5, 5.41) is 10.0. The zero-order valence-corrected chi connectivity index (χ0v) is 11.4. The predicted octanol–water partition coefficient (Wildman–Crippen LogP) is 2.84. The molecule has 0 aliphatic heterocycles. The fraction of sp³-hybridized carbons (Fsp3) is 0.0625. The van der Waals surface area contributed by atoms with E-state index in [4.69, 9.17) is 5.11 Å². The Morgan fingerprint density at radius 3 is 2.90 bits per heavy atom. The van der Waals surface area contributed by atoms with Crippen molar-refractivity contribution in [2.24, 2.45) is 7.05 Å². The number of rotatable bonds is 3. The van der Waals surface area contributed by atoms with Crippen LogP contribution < -0.4 is 0 Å². The van der Waals surface area contributed by atoms with Gasteiger partial charge in [-0.2, -0.15) is 0 Å². The molecular formula is C16H13N3O2. The van der Waals surface area contributed by atoms with Crippen LogP contribution in [0.4, 0.5) is 0 Å². The summed E-state index contributed by atoms with van der Waals surface area (Å²) >= 11 is 0. The Kier molecular flexibility index (Phi) is 3.23. The first-order chi connectivity index (χ1) is 10.1. The van der Waals surface area contributed by atoms with Crippen LogP contribution in [0.25, 0.3) is 23.2 Å². The normalized spacial score (nSPS) is 11.3. The SMILES string of the molecule is Cn1cc(/C=C/c2ccc3cccnc3n2)cc1C(=O)O. The van der Waals surface area contributed by atoms with E-state index in [0.717, 1.165) is 16.6 Å². The summed E-state index contributed by atoms with van der Waals surface area (Å²) in [6.07, 6.45) is 7.15. The van der Waals surface area contributed by atoms with Crippen LogP contribution in [0.15, 0.2) is 42.7 Å². The van der Waals surface area contributed by atoms with Crippen molar-refractivity contribution in [3.05, 3.63) is 59.7 Å². The number of nitrogens with zero attached hydrogens (tertiary/aromatic N) is 3. The Balaban J connectivity index is 1.90. The predicted molar refractivity (Wildman–Crippen MR) is 80.8 cm³/mol. The molecular weight excluding hydrogens is 266 g/mol. The summed E-state index contributed by atoms with van der Waals surface area (Å²) < 4.78 is 1.58. The van der Waals surface area contributed by atoms with Gasteiger partial charge < -0.3 is 9.67 Å². The van der Waals surface area contributed by atoms with E-state index in [-0.39, 0.29) is 5.69 Å². The van der Waals surface area contributed by atoms with Gasteiger partial charge in [-0.15, -0.1) is 0 Å². The van der Waals surface area contributed by atoms with Crippen molar-refractivity contribution in [2.75, 3.05) is 0 Å². The molecule has 1 N–H and O–H groups in total. The Morgan fingerprint density at radius 1 is 1.29 bits per heavy atom. The lowest BCUT2D eigenvalue weighted by molar-refractivity contribution is 0.0686. The number of carbonyl (C=O) groups is 1. The van der Waals surface area contributed by atoms with Gasteiger partial charge in [0.1, 0.15) is 5.69 Å². The van der Waals surface area contributed by atoms with E-state index >= 15 is 0 Å². The van der Waals surface area contributed by atoms with Crippen LogP contribution in [0.1, 0.15) is 21.7 Å². The highest BCUT2D eigenvalue weighted by molar-refractivity contribution is 5.87. The van der Waals surface area contributed by atoms with Crippen molar-refractivity contribution < 1.29 is 9.90 Å². The first-order valence-electron chi connectivity index (χ1n) is 6.43. The van der Waals surface area contributed by atoms with Crippen LogP contribution in [0.3, 0.4) is 0 Å². The highest BCUT2D eigenvalue weighted by Crippen LogP contribution is 2.13. The number of carboxylic acid groups (broad SMARTS) is 1. The standard InChI is InChI=1S/C16H13N3O2/c1-19-10-11(9-14(19)16(20)21)4-6-13-7-5-12-3-2-8-17-15(12)18-13/h2-10H,1H3,(H,20,21)/b6-4+. The Morgan fingerprint density at radius 2 is 2.14 bits per heavy atom. The average molecular weight is 279 g/mol. The maximum atomic E-state index is 11.0. The quantitative estimate of drug-likeness (QED) is 0.800. The molecule has 0 unspecified atom stereocenters. The van der Waals surface area contributed by atoms with E-state index in [9.17, 15) is 4.79 Å². The second kappa shape index (κ2) is 5.20. The van der Waals surface area contributed by atoms with Crippen molar-refractivity contribution in [1.29, 1.82) is 0 Å². The molecule has 0 amide bonds. The fourth-order valence-corrected chi connectivity index (χ4v) is 2.14. The molecule has 3 rings (SSSR count). The number of aromatic nitrogens is 3. The molecule has 3 heterocycles. The lowest BCUT2D eigenvalue weighted by atomic mass is 10.2. The summed E-state index contributed by atoms with van der Waals surface area (Å²) in [4.78, 5) is 19.6. The largest absolute Gasteiger partial charge is 0.477 e. The average Bonchev–Trinajstić information content (AvgIpc) is 2.86. The van der Waals surface area contributed by atoms with Crippen LogP contribution in [0.5, 0.6) is 0 Å². The monoisotopic (exact) mass is 279 g/mol. The summed E-state index contributed by atoms with van der Waals surface area (Å²) in [5.41, 5.74) is 2.54. The second-order valence-electron chi connectivity index (χ2n) is 4.69. The molecule has 0 aliphatic carbocycles. The topological polar surface area (TPSA) is 68.0 Å². The Bertz CT molecular complexity index is 850. The maximum absolute atomic E-state index is 11.0. The molecule has 0 bridgehead atoms. The number of aryl methyl sites for hydroxylation is 1. The molecule has 0 saturated carbocycles. The molecule has 0 saturated heterocycles. The molecule has 0 spiro atoms.